The fraction of sp³-hybridized carbons (Fsp3) is 0.462. The summed E-state index contributed by atoms with van der Waals surface area (Å²) in [6.45, 7) is 0.817. The Balaban J connectivity index is 2.18. The lowest BCUT2D eigenvalue weighted by molar-refractivity contribution is -0.129. The minimum absolute atomic E-state index is 0.0902. The number of nitrogens with one attached hydrogen (secondary N) is 1. The summed E-state index contributed by atoms with van der Waals surface area (Å²) in [5, 5.41) is 1.84. The van der Waals surface area contributed by atoms with Gasteiger partial charge in [0.15, 0.2) is 0 Å². The van der Waals surface area contributed by atoms with Crippen molar-refractivity contribution in [3.63, 3.8) is 0 Å². The van der Waals surface area contributed by atoms with Crippen LogP contribution in [0.5, 0.6) is 0 Å². The molecule has 1 aliphatic rings. The fourth-order valence-electron chi connectivity index (χ4n) is 2.23. The topological polar surface area (TPSA) is 62.3 Å². The third-order valence-corrected chi connectivity index (χ3v) is 3.28. The van der Waals surface area contributed by atoms with Gasteiger partial charge in [-0.05, 0) is 17.5 Å². The zero-order chi connectivity index (χ0) is 15.6. The minimum atomic E-state index is -4.46. The quantitative estimate of drug-likeness (QED) is 0.895. The lowest BCUT2D eigenvalue weighted by Crippen LogP contribution is -2.37. The van der Waals surface area contributed by atoms with Gasteiger partial charge >= 0.3 is 6.18 Å². The van der Waals surface area contributed by atoms with E-state index in [-0.39, 0.29) is 11.5 Å². The molecule has 2 heterocycles. The van der Waals surface area contributed by atoms with Crippen molar-refractivity contribution in [2.24, 2.45) is 0 Å². The van der Waals surface area contributed by atoms with Gasteiger partial charge in [-0.2, -0.15) is 13.2 Å². The predicted molar refractivity (Wildman–Crippen MR) is 67.4 cm³/mol. The molecule has 0 aromatic carbocycles. The third kappa shape index (κ3) is 3.71. The molecule has 114 valence electrons. The van der Waals surface area contributed by atoms with Gasteiger partial charge in [-0.1, -0.05) is 0 Å². The van der Waals surface area contributed by atoms with Crippen LogP contribution in [0.4, 0.5) is 13.2 Å². The second-order valence-electron chi connectivity index (χ2n) is 4.81. The Hall–Kier alpha value is -2.12. The lowest BCUT2D eigenvalue weighted by atomic mass is 9.96. The average molecular weight is 301 g/mol. The van der Waals surface area contributed by atoms with Crippen molar-refractivity contribution in [3.8, 4) is 0 Å². The number of rotatable bonds is 2. The van der Waals surface area contributed by atoms with Crippen LogP contribution in [-0.2, 0) is 17.8 Å². The van der Waals surface area contributed by atoms with E-state index in [0.29, 0.717) is 30.6 Å². The molecule has 0 unspecified atom stereocenters. The predicted octanol–water partition coefficient (Wildman–Crippen LogP) is 1.28. The highest BCUT2D eigenvalue weighted by molar-refractivity contribution is 5.95. The van der Waals surface area contributed by atoms with E-state index in [9.17, 15) is 22.8 Å². The van der Waals surface area contributed by atoms with Gasteiger partial charge in [-0.15, -0.1) is 0 Å². The van der Waals surface area contributed by atoms with Crippen molar-refractivity contribution in [2.45, 2.75) is 26.1 Å². The highest BCUT2D eigenvalue weighted by Crippen LogP contribution is 2.22. The summed E-state index contributed by atoms with van der Waals surface area (Å²) in [5.41, 5.74) is 1.48. The fourth-order valence-corrected chi connectivity index (χ4v) is 2.23. The first kappa shape index (κ1) is 15.3. The standard InChI is InChI=1S/C13H14F3N3O2/c1-8(20)19-3-2-10-9(6-19)4-17-5-11(10)12(21)18-7-13(14,15)16/h4-5H,2-3,6-7H2,1H3,(H,18,21). The molecule has 0 atom stereocenters. The number of alkyl halides is 3. The number of carbonyl (C=O) groups excluding carboxylic acids is 2. The number of fused-ring (bicyclic) bond motifs is 1. The Bertz CT molecular complexity index is 572. The summed E-state index contributed by atoms with van der Waals surface area (Å²) in [4.78, 5) is 28.7. The molecule has 2 rings (SSSR count). The van der Waals surface area contributed by atoms with E-state index in [2.05, 4.69) is 4.98 Å². The van der Waals surface area contributed by atoms with Gasteiger partial charge in [-0.3, -0.25) is 14.6 Å². The van der Waals surface area contributed by atoms with Gasteiger partial charge in [0, 0.05) is 32.4 Å². The van der Waals surface area contributed by atoms with Crippen LogP contribution in [0.3, 0.4) is 0 Å². The molecule has 0 saturated carbocycles. The van der Waals surface area contributed by atoms with E-state index in [4.69, 9.17) is 0 Å². The Morgan fingerprint density at radius 1 is 1.38 bits per heavy atom. The number of hydrogen-bond donors (Lipinski definition) is 1. The third-order valence-electron chi connectivity index (χ3n) is 3.28. The Kier molecular flexibility index (Phi) is 4.15. The normalized spacial score (nSPS) is 14.6. The second-order valence-corrected chi connectivity index (χ2v) is 4.81. The van der Waals surface area contributed by atoms with Crippen molar-refractivity contribution in [2.75, 3.05) is 13.1 Å². The molecule has 0 fully saturated rings. The van der Waals surface area contributed by atoms with Gasteiger partial charge < -0.3 is 10.2 Å². The Morgan fingerprint density at radius 3 is 2.71 bits per heavy atom. The summed E-state index contributed by atoms with van der Waals surface area (Å²) in [6, 6.07) is 0. The first-order valence-corrected chi connectivity index (χ1v) is 6.34. The molecule has 1 N–H and O–H groups in total. The van der Waals surface area contributed by atoms with Crippen molar-refractivity contribution >= 4 is 11.8 Å². The van der Waals surface area contributed by atoms with Crippen LogP contribution in [0.25, 0.3) is 0 Å². The van der Waals surface area contributed by atoms with E-state index < -0.39 is 18.6 Å². The second kappa shape index (κ2) is 5.71. The van der Waals surface area contributed by atoms with E-state index in [1.54, 1.807) is 4.90 Å². The number of halogens is 3. The molecule has 5 nitrogen and oxygen atoms in total. The number of carbonyl (C=O) groups is 2. The molecule has 0 radical (unpaired) electrons. The maximum absolute atomic E-state index is 12.1. The molecule has 21 heavy (non-hydrogen) atoms. The Morgan fingerprint density at radius 2 is 2.10 bits per heavy atom. The first-order chi connectivity index (χ1) is 9.78. The molecule has 1 aromatic heterocycles. The van der Waals surface area contributed by atoms with Crippen LogP contribution in [-0.4, -0.2) is 41.0 Å². The smallest absolute Gasteiger partial charge is 0.343 e. The molecule has 1 aromatic rings. The van der Waals surface area contributed by atoms with Gasteiger partial charge in [0.25, 0.3) is 5.91 Å². The molecular formula is C13H14F3N3O2. The zero-order valence-corrected chi connectivity index (χ0v) is 11.3. The number of nitrogens with zero attached hydrogens (tertiary/aromatic N) is 2. The van der Waals surface area contributed by atoms with Crippen molar-refractivity contribution in [1.29, 1.82) is 0 Å². The van der Waals surface area contributed by atoms with Gasteiger partial charge in [0.1, 0.15) is 6.54 Å². The largest absolute Gasteiger partial charge is 0.405 e. The van der Waals surface area contributed by atoms with E-state index >= 15 is 0 Å². The summed E-state index contributed by atoms with van der Waals surface area (Å²) in [5.74, 6) is -0.888. The highest BCUT2D eigenvalue weighted by Gasteiger charge is 2.29. The van der Waals surface area contributed by atoms with E-state index in [1.165, 1.54) is 19.3 Å². The maximum Gasteiger partial charge on any atom is 0.405 e. The molecule has 0 bridgehead atoms. The summed E-state index contributed by atoms with van der Waals surface area (Å²) in [7, 11) is 0. The summed E-state index contributed by atoms with van der Waals surface area (Å²) in [6.07, 6.45) is -1.24. The van der Waals surface area contributed by atoms with Crippen molar-refractivity contribution in [3.05, 3.63) is 29.1 Å². The highest BCUT2D eigenvalue weighted by atomic mass is 19.4. The molecule has 0 spiro atoms. The zero-order valence-electron chi connectivity index (χ0n) is 11.3. The molecular weight excluding hydrogens is 287 g/mol. The molecule has 0 aliphatic carbocycles. The van der Waals surface area contributed by atoms with Crippen LogP contribution < -0.4 is 5.32 Å². The van der Waals surface area contributed by atoms with Crippen LogP contribution in [0.1, 0.15) is 28.4 Å². The molecule has 0 saturated heterocycles. The lowest BCUT2D eigenvalue weighted by Gasteiger charge is -2.28. The average Bonchev–Trinajstić information content (AvgIpc) is 2.42. The van der Waals surface area contributed by atoms with Crippen LogP contribution in [0.2, 0.25) is 0 Å². The first-order valence-electron chi connectivity index (χ1n) is 6.34. The van der Waals surface area contributed by atoms with Gasteiger partial charge in [0.05, 0.1) is 5.56 Å². The number of aromatic nitrogens is 1. The molecule has 2 amide bonds. The SMILES string of the molecule is CC(=O)N1CCc2c(cncc2C(=O)NCC(F)(F)F)C1. The van der Waals surface area contributed by atoms with Gasteiger partial charge in [0.2, 0.25) is 5.91 Å². The van der Waals surface area contributed by atoms with Crippen LogP contribution in [0, 0.1) is 0 Å². The monoisotopic (exact) mass is 301 g/mol. The summed E-state index contributed by atoms with van der Waals surface area (Å²) < 4.78 is 36.4. The molecule has 8 heteroatoms. The van der Waals surface area contributed by atoms with Crippen molar-refractivity contribution in [1.82, 2.24) is 15.2 Å². The Labute approximate surface area is 119 Å². The van der Waals surface area contributed by atoms with Crippen molar-refractivity contribution < 1.29 is 22.8 Å². The summed E-state index contributed by atoms with van der Waals surface area (Å²) >= 11 is 0. The number of hydrogen-bond acceptors (Lipinski definition) is 3. The minimum Gasteiger partial charge on any atom is -0.343 e. The van der Waals surface area contributed by atoms with Crippen LogP contribution >= 0.6 is 0 Å². The molecule has 1 aliphatic heterocycles. The van der Waals surface area contributed by atoms with E-state index in [0.717, 1.165) is 0 Å². The van der Waals surface area contributed by atoms with Crippen LogP contribution in [0.15, 0.2) is 12.4 Å². The van der Waals surface area contributed by atoms with E-state index in [1.807, 2.05) is 5.32 Å². The maximum atomic E-state index is 12.1. The number of pyridine rings is 1. The number of amides is 2. The van der Waals surface area contributed by atoms with Gasteiger partial charge in [-0.25, -0.2) is 0 Å².